The van der Waals surface area contributed by atoms with E-state index in [0.717, 1.165) is 43.6 Å². The molecule has 0 aliphatic rings. The van der Waals surface area contributed by atoms with Gasteiger partial charge >= 0.3 is 0 Å². The number of nitrogens with zero attached hydrogens (tertiary/aromatic N) is 3. The average molecular weight is 601 g/mol. The first-order valence-electron chi connectivity index (χ1n) is 9.79. The van der Waals surface area contributed by atoms with Gasteiger partial charge in [0.15, 0.2) is 5.96 Å². The average Bonchev–Trinajstić information content (AvgIpc) is 3.41. The summed E-state index contributed by atoms with van der Waals surface area (Å²) in [5, 5.41) is 6.15. The van der Waals surface area contributed by atoms with E-state index in [1.807, 2.05) is 18.2 Å². The molecule has 0 atom stereocenters. The number of carbonyl (C=O) groups excluding carboxylic acids is 1. The standard InChI is InChI=1S/C20H23Br2N7OS2/c21-17-15(25-12-27-17)10-31-8-6-23-20(29-19(30)14-4-2-1-3-5-14)24-7-9-32-11-16-18(22)28-13-26-16/h1-5,12-13H,6-11H2,(H,25,27)(H,26,28)(H2,23,24,29,30). The Morgan fingerprint density at radius 2 is 1.59 bits per heavy atom. The molecule has 0 radical (unpaired) electrons. The van der Waals surface area contributed by atoms with Gasteiger partial charge in [-0.1, -0.05) is 18.2 Å². The van der Waals surface area contributed by atoms with E-state index in [9.17, 15) is 4.79 Å². The number of imidazole rings is 2. The number of thioether (sulfide) groups is 2. The van der Waals surface area contributed by atoms with E-state index in [4.69, 9.17) is 0 Å². The molecular formula is C20H23Br2N7OS2. The zero-order chi connectivity index (χ0) is 22.6. The zero-order valence-corrected chi connectivity index (χ0v) is 21.9. The summed E-state index contributed by atoms with van der Waals surface area (Å²) in [6, 6.07) is 9.13. The van der Waals surface area contributed by atoms with Crippen molar-refractivity contribution in [2.24, 2.45) is 4.99 Å². The highest BCUT2D eigenvalue weighted by molar-refractivity contribution is 9.10. The number of hydrogen-bond donors (Lipinski definition) is 4. The second kappa shape index (κ2) is 13.7. The lowest BCUT2D eigenvalue weighted by Crippen LogP contribution is -2.42. The maximum atomic E-state index is 12.5. The van der Waals surface area contributed by atoms with Gasteiger partial charge in [-0.2, -0.15) is 23.5 Å². The van der Waals surface area contributed by atoms with E-state index < -0.39 is 0 Å². The lowest BCUT2D eigenvalue weighted by Gasteiger charge is -2.12. The number of aliphatic imine (C=N–C) groups is 1. The van der Waals surface area contributed by atoms with Crippen molar-refractivity contribution >= 4 is 67.3 Å². The second-order valence-electron chi connectivity index (χ2n) is 6.43. The molecule has 3 rings (SSSR count). The Labute approximate surface area is 211 Å². The molecule has 2 aromatic heterocycles. The first kappa shape index (κ1) is 24.9. The summed E-state index contributed by atoms with van der Waals surface area (Å²) in [5.74, 6) is 3.62. The van der Waals surface area contributed by atoms with Gasteiger partial charge in [0.25, 0.3) is 5.91 Å². The monoisotopic (exact) mass is 599 g/mol. The third kappa shape index (κ3) is 8.30. The third-order valence-electron chi connectivity index (χ3n) is 4.14. The van der Waals surface area contributed by atoms with Crippen molar-refractivity contribution in [2.75, 3.05) is 24.6 Å². The molecule has 0 aliphatic heterocycles. The van der Waals surface area contributed by atoms with Gasteiger partial charge in [-0.3, -0.25) is 15.1 Å². The number of nitrogens with one attached hydrogen (secondary N) is 4. The molecule has 0 spiro atoms. The first-order valence-corrected chi connectivity index (χ1v) is 13.7. The second-order valence-corrected chi connectivity index (χ2v) is 10.1. The summed E-state index contributed by atoms with van der Waals surface area (Å²) in [6.45, 7) is 1.26. The topological polar surface area (TPSA) is 111 Å². The van der Waals surface area contributed by atoms with Gasteiger partial charge in [-0.25, -0.2) is 9.97 Å². The minimum absolute atomic E-state index is 0.181. The summed E-state index contributed by atoms with van der Waals surface area (Å²) < 4.78 is 1.68. The van der Waals surface area contributed by atoms with Crippen LogP contribution in [-0.2, 0) is 11.5 Å². The van der Waals surface area contributed by atoms with Crippen molar-refractivity contribution in [1.82, 2.24) is 30.6 Å². The van der Waals surface area contributed by atoms with E-state index in [1.54, 1.807) is 48.3 Å². The molecule has 0 aliphatic carbocycles. The summed E-state index contributed by atoms with van der Waals surface area (Å²) in [4.78, 5) is 31.6. The van der Waals surface area contributed by atoms with Crippen LogP contribution in [0.4, 0.5) is 0 Å². The Bertz CT molecular complexity index is 1010. The molecule has 8 nitrogen and oxygen atoms in total. The lowest BCUT2D eigenvalue weighted by atomic mass is 10.2. The van der Waals surface area contributed by atoms with E-state index in [1.165, 1.54) is 0 Å². The fourth-order valence-corrected chi connectivity index (χ4v) is 5.22. The molecule has 170 valence electrons. The number of rotatable bonds is 11. The van der Waals surface area contributed by atoms with E-state index in [-0.39, 0.29) is 5.91 Å². The van der Waals surface area contributed by atoms with Crippen LogP contribution in [0.1, 0.15) is 21.7 Å². The summed E-state index contributed by atoms with van der Waals surface area (Å²) >= 11 is 10.3. The van der Waals surface area contributed by atoms with Gasteiger partial charge in [0.1, 0.15) is 9.21 Å². The van der Waals surface area contributed by atoms with E-state index in [2.05, 4.69) is 67.4 Å². The number of guanidine groups is 1. The molecule has 0 bridgehead atoms. The number of hydrogen-bond acceptors (Lipinski definition) is 6. The van der Waals surface area contributed by atoms with Crippen LogP contribution in [0.2, 0.25) is 0 Å². The van der Waals surface area contributed by atoms with Crippen LogP contribution in [0.5, 0.6) is 0 Å². The SMILES string of the molecule is O=C(NC(=NCCSCc1[nH]cnc1Br)NCCSCc1[nH]cnc1Br)c1ccccc1. The molecule has 0 saturated carbocycles. The molecule has 2 heterocycles. The van der Waals surface area contributed by atoms with Crippen LogP contribution in [0.25, 0.3) is 0 Å². The lowest BCUT2D eigenvalue weighted by molar-refractivity contribution is 0.0976. The van der Waals surface area contributed by atoms with Crippen molar-refractivity contribution in [2.45, 2.75) is 11.5 Å². The van der Waals surface area contributed by atoms with Crippen molar-refractivity contribution in [3.63, 3.8) is 0 Å². The largest absolute Gasteiger partial charge is 0.355 e. The van der Waals surface area contributed by atoms with Crippen molar-refractivity contribution in [1.29, 1.82) is 0 Å². The van der Waals surface area contributed by atoms with Crippen molar-refractivity contribution in [3.05, 3.63) is 69.1 Å². The first-order chi connectivity index (χ1) is 15.6. The number of carbonyl (C=O) groups is 1. The van der Waals surface area contributed by atoms with Crippen LogP contribution < -0.4 is 10.6 Å². The number of benzene rings is 1. The minimum Gasteiger partial charge on any atom is -0.355 e. The third-order valence-corrected chi connectivity index (χ3v) is 7.45. The predicted octanol–water partition coefficient (Wildman–Crippen LogP) is 4.20. The molecule has 0 unspecified atom stereocenters. The predicted molar refractivity (Wildman–Crippen MR) is 139 cm³/mol. The fourth-order valence-electron chi connectivity index (χ4n) is 2.53. The Hall–Kier alpha value is -1.76. The maximum absolute atomic E-state index is 12.5. The molecule has 12 heteroatoms. The van der Waals surface area contributed by atoms with Gasteiger partial charge in [-0.05, 0) is 44.0 Å². The normalized spacial score (nSPS) is 11.5. The molecule has 1 aromatic carbocycles. The van der Waals surface area contributed by atoms with Crippen LogP contribution in [0, 0.1) is 0 Å². The molecule has 32 heavy (non-hydrogen) atoms. The highest BCUT2D eigenvalue weighted by Crippen LogP contribution is 2.18. The van der Waals surface area contributed by atoms with Crippen molar-refractivity contribution in [3.8, 4) is 0 Å². The van der Waals surface area contributed by atoms with E-state index >= 15 is 0 Å². The zero-order valence-electron chi connectivity index (χ0n) is 17.1. The van der Waals surface area contributed by atoms with E-state index in [0.29, 0.717) is 24.6 Å². The molecular weight excluding hydrogens is 578 g/mol. The highest BCUT2D eigenvalue weighted by Gasteiger charge is 2.09. The van der Waals surface area contributed by atoms with Crippen LogP contribution in [0.3, 0.4) is 0 Å². The Morgan fingerprint density at radius 1 is 0.969 bits per heavy atom. The Morgan fingerprint density at radius 3 is 2.19 bits per heavy atom. The van der Waals surface area contributed by atoms with Crippen LogP contribution in [0.15, 0.2) is 57.2 Å². The van der Waals surface area contributed by atoms with Gasteiger partial charge < -0.3 is 15.3 Å². The number of H-pyrrole nitrogens is 2. The molecule has 1 amide bonds. The number of halogens is 2. The summed E-state index contributed by atoms with van der Waals surface area (Å²) in [5.41, 5.74) is 2.71. The number of aromatic nitrogens is 4. The quantitative estimate of drug-likeness (QED) is 0.149. The number of aromatic amines is 2. The fraction of sp³-hybridized carbons (Fsp3) is 0.300. The van der Waals surface area contributed by atoms with Gasteiger partial charge in [0.2, 0.25) is 0 Å². The van der Waals surface area contributed by atoms with Gasteiger partial charge in [0.05, 0.1) is 30.6 Å². The van der Waals surface area contributed by atoms with Crippen LogP contribution >= 0.6 is 55.4 Å². The molecule has 0 fully saturated rings. The summed E-state index contributed by atoms with van der Waals surface area (Å²) in [7, 11) is 0. The molecule has 3 aromatic rings. The van der Waals surface area contributed by atoms with Crippen LogP contribution in [-0.4, -0.2) is 56.4 Å². The van der Waals surface area contributed by atoms with Gasteiger partial charge in [0, 0.05) is 35.1 Å². The molecule has 0 saturated heterocycles. The van der Waals surface area contributed by atoms with Crippen molar-refractivity contribution < 1.29 is 4.79 Å². The highest BCUT2D eigenvalue weighted by atomic mass is 79.9. The van der Waals surface area contributed by atoms with Gasteiger partial charge in [-0.15, -0.1) is 0 Å². The summed E-state index contributed by atoms with van der Waals surface area (Å²) in [6.07, 6.45) is 3.34. The number of amides is 1. The molecule has 4 N–H and O–H groups in total. The Balaban J connectivity index is 1.46. The maximum Gasteiger partial charge on any atom is 0.257 e. The Kier molecular flexibility index (Phi) is 10.7. The minimum atomic E-state index is -0.181. The smallest absolute Gasteiger partial charge is 0.257 e.